The topological polar surface area (TPSA) is 77.6 Å². The molecule has 4 rings (SSSR count). The summed E-state index contributed by atoms with van der Waals surface area (Å²) >= 11 is 0. The average molecular weight is 379 g/mol. The molecule has 1 saturated heterocycles. The number of fused-ring (bicyclic) bond motifs is 1. The molecule has 0 saturated carbocycles. The molecule has 3 aromatic rings. The van der Waals surface area contributed by atoms with Crippen LogP contribution in [-0.4, -0.2) is 36.4 Å². The van der Waals surface area contributed by atoms with Gasteiger partial charge in [0, 0.05) is 47.5 Å². The van der Waals surface area contributed by atoms with E-state index in [-0.39, 0.29) is 11.7 Å². The largest absolute Gasteiger partial charge is 0.497 e. The van der Waals surface area contributed by atoms with E-state index >= 15 is 0 Å². The van der Waals surface area contributed by atoms with Gasteiger partial charge in [0.25, 0.3) is 5.56 Å². The normalized spacial score (nSPS) is 16.9. The smallest absolute Gasteiger partial charge is 0.253 e. The fourth-order valence-corrected chi connectivity index (χ4v) is 3.66. The molecule has 6 heteroatoms. The van der Waals surface area contributed by atoms with Gasteiger partial charge in [-0.2, -0.15) is 0 Å². The summed E-state index contributed by atoms with van der Waals surface area (Å²) < 4.78 is 5.26. The van der Waals surface area contributed by atoms with Crippen LogP contribution >= 0.6 is 0 Å². The van der Waals surface area contributed by atoms with Crippen LogP contribution in [0.5, 0.6) is 5.75 Å². The number of aromatic nitrogens is 1. The fourth-order valence-electron chi connectivity index (χ4n) is 3.66. The number of benzene rings is 2. The van der Waals surface area contributed by atoms with Crippen molar-refractivity contribution in [1.82, 2.24) is 4.98 Å². The van der Waals surface area contributed by atoms with Gasteiger partial charge >= 0.3 is 0 Å². The van der Waals surface area contributed by atoms with Crippen LogP contribution in [0, 0.1) is 0 Å². The Labute approximate surface area is 163 Å². The van der Waals surface area contributed by atoms with Crippen LogP contribution in [-0.2, 0) is 6.54 Å². The minimum atomic E-state index is -0.246. The summed E-state index contributed by atoms with van der Waals surface area (Å²) in [6.07, 6.45) is 1.64. The van der Waals surface area contributed by atoms with Gasteiger partial charge in [-0.25, -0.2) is 0 Å². The number of piperidine rings is 1. The highest BCUT2D eigenvalue weighted by molar-refractivity contribution is 5.80. The predicted molar refractivity (Wildman–Crippen MR) is 112 cm³/mol. The molecule has 0 radical (unpaired) electrons. The molecule has 1 aliphatic heterocycles. The van der Waals surface area contributed by atoms with Gasteiger partial charge in [0.2, 0.25) is 0 Å². The predicted octanol–water partition coefficient (Wildman–Crippen LogP) is 3.11. The van der Waals surface area contributed by atoms with Crippen molar-refractivity contribution in [2.75, 3.05) is 30.4 Å². The highest BCUT2D eigenvalue weighted by Crippen LogP contribution is 2.23. The van der Waals surface area contributed by atoms with Gasteiger partial charge < -0.3 is 25.0 Å². The van der Waals surface area contributed by atoms with Crippen molar-refractivity contribution in [2.45, 2.75) is 25.5 Å². The summed E-state index contributed by atoms with van der Waals surface area (Å²) in [6.45, 7) is 2.09. The molecule has 28 heavy (non-hydrogen) atoms. The first-order chi connectivity index (χ1) is 13.6. The maximum atomic E-state index is 12.3. The van der Waals surface area contributed by atoms with Gasteiger partial charge in [-0.05, 0) is 61.4 Å². The lowest BCUT2D eigenvalue weighted by molar-refractivity contribution is 0.154. The van der Waals surface area contributed by atoms with Gasteiger partial charge in [0.1, 0.15) is 5.75 Å². The number of nitrogens with one attached hydrogen (secondary N) is 2. The van der Waals surface area contributed by atoms with Crippen molar-refractivity contribution in [1.29, 1.82) is 0 Å². The van der Waals surface area contributed by atoms with Crippen LogP contribution in [0.2, 0.25) is 0 Å². The quantitative estimate of drug-likeness (QED) is 0.635. The van der Waals surface area contributed by atoms with E-state index < -0.39 is 0 Å². The molecule has 1 fully saturated rings. The number of methoxy groups -OCH3 is 1. The number of rotatable bonds is 5. The van der Waals surface area contributed by atoms with Crippen LogP contribution in [0.1, 0.15) is 18.4 Å². The van der Waals surface area contributed by atoms with Crippen LogP contribution in [0.4, 0.5) is 11.4 Å². The second-order valence-electron chi connectivity index (χ2n) is 7.22. The number of ether oxygens (including phenoxy) is 1. The van der Waals surface area contributed by atoms with E-state index in [0.29, 0.717) is 18.7 Å². The molecule has 146 valence electrons. The van der Waals surface area contributed by atoms with Gasteiger partial charge in [0.05, 0.1) is 13.2 Å². The van der Waals surface area contributed by atoms with Crippen molar-refractivity contribution < 1.29 is 9.84 Å². The number of hydrogen-bond donors (Lipinski definition) is 3. The molecule has 0 amide bonds. The van der Waals surface area contributed by atoms with E-state index in [2.05, 4.69) is 27.3 Å². The van der Waals surface area contributed by atoms with Crippen molar-refractivity contribution in [3.8, 4) is 5.75 Å². The molecule has 0 unspecified atom stereocenters. The van der Waals surface area contributed by atoms with Crippen LogP contribution in [0.3, 0.4) is 0 Å². The second kappa shape index (κ2) is 7.94. The van der Waals surface area contributed by atoms with Crippen molar-refractivity contribution in [3.05, 3.63) is 64.4 Å². The maximum Gasteiger partial charge on any atom is 0.253 e. The Morgan fingerprint density at radius 2 is 2.04 bits per heavy atom. The third-order valence-corrected chi connectivity index (χ3v) is 5.24. The number of aliphatic hydroxyl groups is 1. The van der Waals surface area contributed by atoms with E-state index in [1.54, 1.807) is 7.11 Å². The van der Waals surface area contributed by atoms with Gasteiger partial charge in [0.15, 0.2) is 0 Å². The van der Waals surface area contributed by atoms with Crippen molar-refractivity contribution in [2.24, 2.45) is 0 Å². The minimum absolute atomic E-state index is 0.0934. The third-order valence-electron chi connectivity index (χ3n) is 5.24. The van der Waals surface area contributed by atoms with Crippen molar-refractivity contribution in [3.63, 3.8) is 0 Å². The molecule has 2 aromatic carbocycles. The number of nitrogens with zero attached hydrogens (tertiary/aromatic N) is 1. The molecule has 1 aliphatic rings. The number of anilines is 2. The number of aromatic amines is 1. The summed E-state index contributed by atoms with van der Waals surface area (Å²) in [4.78, 5) is 17.5. The lowest BCUT2D eigenvalue weighted by Crippen LogP contribution is -2.38. The first-order valence-corrected chi connectivity index (χ1v) is 9.59. The Balaban J connectivity index is 1.46. The summed E-state index contributed by atoms with van der Waals surface area (Å²) in [6, 6.07) is 15.6. The molecule has 0 spiro atoms. The molecular formula is C22H25N3O3. The third kappa shape index (κ3) is 3.97. The van der Waals surface area contributed by atoms with E-state index in [1.165, 1.54) is 0 Å². The summed E-state index contributed by atoms with van der Waals surface area (Å²) in [5.41, 5.74) is 3.43. The second-order valence-corrected chi connectivity index (χ2v) is 7.22. The van der Waals surface area contributed by atoms with E-state index in [1.807, 2.05) is 36.4 Å². The van der Waals surface area contributed by atoms with Gasteiger partial charge in [-0.15, -0.1) is 0 Å². The van der Waals surface area contributed by atoms with Crippen molar-refractivity contribution >= 4 is 22.3 Å². The zero-order valence-electron chi connectivity index (χ0n) is 15.9. The fraction of sp³-hybridized carbons (Fsp3) is 0.318. The standard InChI is InChI=1S/C22H25N3O3/c1-28-20-8-9-21-15(12-20)11-16(22(27)24-21)13-23-17-4-6-18(7-5-17)25-10-2-3-19(26)14-25/h4-9,11-12,19,23,26H,2-3,10,13-14H2,1H3,(H,24,27)/t19-/m0/s1. The molecule has 2 heterocycles. The SMILES string of the molecule is COc1ccc2[nH]c(=O)c(CNc3ccc(N4CCC[C@H](O)C4)cc3)cc2c1. The summed E-state index contributed by atoms with van der Waals surface area (Å²) in [5, 5.41) is 14.1. The Hall–Kier alpha value is -2.99. The Morgan fingerprint density at radius 3 is 2.79 bits per heavy atom. The number of β-amino-alcohol motifs (C(OH)–C–C–N with tert-alkyl or cyclic N) is 1. The molecule has 0 aliphatic carbocycles. The first kappa shape index (κ1) is 18.4. The first-order valence-electron chi connectivity index (χ1n) is 9.59. The monoisotopic (exact) mass is 379 g/mol. The Kier molecular flexibility index (Phi) is 5.21. The van der Waals surface area contributed by atoms with Crippen LogP contribution in [0.25, 0.3) is 10.9 Å². The zero-order valence-corrected chi connectivity index (χ0v) is 15.9. The van der Waals surface area contributed by atoms with Crippen LogP contribution in [0.15, 0.2) is 53.3 Å². The molecule has 6 nitrogen and oxygen atoms in total. The maximum absolute atomic E-state index is 12.3. The molecule has 1 aromatic heterocycles. The van der Waals surface area contributed by atoms with Gasteiger partial charge in [-0.1, -0.05) is 0 Å². The summed E-state index contributed by atoms with van der Waals surface area (Å²) in [5.74, 6) is 0.761. The molecular weight excluding hydrogens is 354 g/mol. The molecule has 3 N–H and O–H groups in total. The Bertz CT molecular complexity index is 1010. The molecule has 0 bridgehead atoms. The number of pyridine rings is 1. The Morgan fingerprint density at radius 1 is 1.21 bits per heavy atom. The van der Waals surface area contributed by atoms with E-state index in [0.717, 1.165) is 47.4 Å². The minimum Gasteiger partial charge on any atom is -0.497 e. The lowest BCUT2D eigenvalue weighted by Gasteiger charge is -2.32. The summed E-state index contributed by atoms with van der Waals surface area (Å²) in [7, 11) is 1.63. The number of H-pyrrole nitrogens is 1. The lowest BCUT2D eigenvalue weighted by atomic mass is 10.1. The van der Waals surface area contributed by atoms with E-state index in [4.69, 9.17) is 4.74 Å². The van der Waals surface area contributed by atoms with Gasteiger partial charge in [-0.3, -0.25) is 4.79 Å². The zero-order chi connectivity index (χ0) is 19.5. The number of aliphatic hydroxyl groups excluding tert-OH is 1. The highest BCUT2D eigenvalue weighted by Gasteiger charge is 2.17. The molecule has 1 atom stereocenters. The number of hydrogen-bond acceptors (Lipinski definition) is 5. The van der Waals surface area contributed by atoms with Crippen LogP contribution < -0.4 is 20.5 Å². The highest BCUT2D eigenvalue weighted by atomic mass is 16.5. The average Bonchev–Trinajstić information content (AvgIpc) is 2.72. The van der Waals surface area contributed by atoms with E-state index in [9.17, 15) is 9.90 Å².